The van der Waals surface area contributed by atoms with E-state index in [1.807, 2.05) is 18.2 Å². The Morgan fingerprint density at radius 3 is 2.12 bits per heavy atom. The Hall–Kier alpha value is -4.80. The summed E-state index contributed by atoms with van der Waals surface area (Å²) in [5, 5.41) is 6.78. The smallest absolute Gasteiger partial charge is 0.149 e. The summed E-state index contributed by atoms with van der Waals surface area (Å²) in [6.07, 6.45) is 0. The molecule has 3 nitrogen and oxygen atoms in total. The lowest BCUT2D eigenvalue weighted by atomic mass is 10.0. The third kappa shape index (κ3) is 2.94. The molecule has 0 unspecified atom stereocenters. The van der Waals surface area contributed by atoms with Crippen molar-refractivity contribution in [2.24, 2.45) is 0 Å². The Morgan fingerprint density at radius 2 is 1.23 bits per heavy atom. The summed E-state index contributed by atoms with van der Waals surface area (Å²) in [5.74, 6) is 0. The van der Waals surface area contributed by atoms with Crippen LogP contribution in [-0.2, 0) is 0 Å². The summed E-state index contributed by atoms with van der Waals surface area (Å²) in [7, 11) is 0. The summed E-state index contributed by atoms with van der Waals surface area (Å²) in [5.41, 5.74) is 9.14. The van der Waals surface area contributed by atoms with Crippen LogP contribution >= 0.6 is 15.9 Å². The first-order valence-electron chi connectivity index (χ1n) is 13.3. The number of benzene rings is 6. The molecule has 0 aliphatic heterocycles. The highest BCUT2D eigenvalue weighted by molar-refractivity contribution is 9.10. The molecule has 0 radical (unpaired) electrons. The lowest BCUT2D eigenvalue weighted by molar-refractivity contribution is 0.668. The summed E-state index contributed by atoms with van der Waals surface area (Å²) in [6.45, 7) is 0. The first-order chi connectivity index (χ1) is 19.8. The third-order valence-corrected chi connectivity index (χ3v) is 8.70. The number of fused-ring (bicyclic) bond motifs is 10. The second-order valence-electron chi connectivity index (χ2n) is 10.2. The highest BCUT2D eigenvalue weighted by atomic mass is 79.9. The van der Waals surface area contributed by atoms with Gasteiger partial charge in [0.05, 0.1) is 20.9 Å². The van der Waals surface area contributed by atoms with E-state index in [-0.39, 0.29) is 0 Å². The first-order valence-corrected chi connectivity index (χ1v) is 14.1. The topological polar surface area (TPSA) is 31.2 Å². The SMILES string of the molecule is Brc1cccc2c1oc1c(-c3ccc4c5c6oc7ccccc7c6ccc5n(-c5ccccc5)c4c3)cccc12. The molecule has 40 heavy (non-hydrogen) atoms. The van der Waals surface area contributed by atoms with Crippen molar-refractivity contribution in [3.63, 3.8) is 0 Å². The second-order valence-corrected chi connectivity index (χ2v) is 11.1. The maximum absolute atomic E-state index is 6.51. The van der Waals surface area contributed by atoms with Gasteiger partial charge in [0, 0.05) is 38.2 Å². The van der Waals surface area contributed by atoms with Gasteiger partial charge in [-0.1, -0.05) is 78.9 Å². The number of halogens is 1. The Labute approximate surface area is 237 Å². The van der Waals surface area contributed by atoms with Crippen LogP contribution in [0.3, 0.4) is 0 Å². The average molecular weight is 578 g/mol. The third-order valence-electron chi connectivity index (χ3n) is 8.08. The fraction of sp³-hybridized carbons (Fsp3) is 0. The molecule has 9 rings (SSSR count). The molecule has 3 heterocycles. The van der Waals surface area contributed by atoms with Crippen LogP contribution in [0.1, 0.15) is 0 Å². The lowest BCUT2D eigenvalue weighted by Gasteiger charge is -2.09. The fourth-order valence-corrected chi connectivity index (χ4v) is 6.77. The minimum atomic E-state index is 0.872. The highest BCUT2D eigenvalue weighted by Gasteiger charge is 2.20. The summed E-state index contributed by atoms with van der Waals surface area (Å²) in [6, 6.07) is 42.5. The van der Waals surface area contributed by atoms with Crippen LogP contribution in [0.4, 0.5) is 0 Å². The standard InChI is InChI=1S/C36H20BrNO2/c37-29-14-7-13-26-25-12-6-11-23(34(25)40-35(26)29)21-16-17-28-31(20-21)38(22-8-2-1-3-9-22)30-19-18-27-24-10-4-5-15-32(24)39-36(27)33(28)30/h1-20H. The minimum absolute atomic E-state index is 0.872. The zero-order valence-corrected chi connectivity index (χ0v) is 22.8. The van der Waals surface area contributed by atoms with Gasteiger partial charge in [-0.05, 0) is 64.0 Å². The number of nitrogens with zero attached hydrogens (tertiary/aromatic N) is 1. The largest absolute Gasteiger partial charge is 0.455 e. The fourth-order valence-electron chi connectivity index (χ4n) is 6.32. The number of rotatable bonds is 2. The second kappa shape index (κ2) is 8.10. The lowest BCUT2D eigenvalue weighted by Crippen LogP contribution is -1.93. The maximum Gasteiger partial charge on any atom is 0.149 e. The van der Waals surface area contributed by atoms with E-state index in [0.717, 1.165) is 87.0 Å². The van der Waals surface area contributed by atoms with Gasteiger partial charge in [0.15, 0.2) is 0 Å². The molecule has 0 fully saturated rings. The number of furan rings is 2. The van der Waals surface area contributed by atoms with E-state index in [4.69, 9.17) is 8.83 Å². The van der Waals surface area contributed by atoms with Crippen LogP contribution in [0.5, 0.6) is 0 Å². The average Bonchev–Trinajstić information content (AvgIpc) is 3.67. The van der Waals surface area contributed by atoms with E-state index in [9.17, 15) is 0 Å². The molecular weight excluding hydrogens is 558 g/mol. The molecule has 3 aromatic heterocycles. The van der Waals surface area contributed by atoms with E-state index in [1.54, 1.807) is 0 Å². The van der Waals surface area contributed by atoms with Crippen LogP contribution in [0, 0.1) is 0 Å². The molecule has 9 aromatic rings. The van der Waals surface area contributed by atoms with Gasteiger partial charge in [-0.3, -0.25) is 0 Å². The molecule has 0 saturated carbocycles. The number of hydrogen-bond donors (Lipinski definition) is 0. The zero-order chi connectivity index (χ0) is 26.4. The van der Waals surface area contributed by atoms with E-state index < -0.39 is 0 Å². The molecular formula is C36H20BrNO2. The summed E-state index contributed by atoms with van der Waals surface area (Å²) >= 11 is 3.67. The van der Waals surface area contributed by atoms with Crippen molar-refractivity contribution < 1.29 is 8.83 Å². The summed E-state index contributed by atoms with van der Waals surface area (Å²) in [4.78, 5) is 0. The van der Waals surface area contributed by atoms with E-state index in [1.165, 1.54) is 0 Å². The molecule has 0 amide bonds. The molecule has 0 bridgehead atoms. The number of hydrogen-bond acceptors (Lipinski definition) is 2. The number of aromatic nitrogens is 1. The molecule has 0 saturated heterocycles. The van der Waals surface area contributed by atoms with Crippen LogP contribution < -0.4 is 0 Å². The van der Waals surface area contributed by atoms with Crippen LogP contribution in [0.25, 0.3) is 82.5 Å². The molecule has 0 atom stereocenters. The normalized spacial score (nSPS) is 12.1. The van der Waals surface area contributed by atoms with Gasteiger partial charge in [-0.2, -0.15) is 0 Å². The van der Waals surface area contributed by atoms with Gasteiger partial charge in [0.1, 0.15) is 22.3 Å². The van der Waals surface area contributed by atoms with E-state index in [0.29, 0.717) is 0 Å². The van der Waals surface area contributed by atoms with Crippen LogP contribution in [0.2, 0.25) is 0 Å². The van der Waals surface area contributed by atoms with Crippen molar-refractivity contribution in [2.75, 3.05) is 0 Å². The van der Waals surface area contributed by atoms with Crippen molar-refractivity contribution in [3.8, 4) is 16.8 Å². The van der Waals surface area contributed by atoms with Crippen LogP contribution in [-0.4, -0.2) is 4.57 Å². The van der Waals surface area contributed by atoms with Crippen molar-refractivity contribution in [1.82, 2.24) is 4.57 Å². The van der Waals surface area contributed by atoms with Gasteiger partial charge in [-0.15, -0.1) is 0 Å². The molecule has 6 aromatic carbocycles. The first kappa shape index (κ1) is 22.1. The minimum Gasteiger partial charge on any atom is -0.455 e. The molecule has 188 valence electrons. The maximum atomic E-state index is 6.51. The van der Waals surface area contributed by atoms with Gasteiger partial charge in [-0.25, -0.2) is 0 Å². The van der Waals surface area contributed by atoms with Gasteiger partial charge >= 0.3 is 0 Å². The Morgan fingerprint density at radius 1 is 0.500 bits per heavy atom. The van der Waals surface area contributed by atoms with Crippen LogP contribution in [0.15, 0.2) is 135 Å². The van der Waals surface area contributed by atoms with Crippen molar-refractivity contribution >= 4 is 81.6 Å². The molecule has 0 aliphatic carbocycles. The van der Waals surface area contributed by atoms with E-state index >= 15 is 0 Å². The molecule has 0 aliphatic rings. The van der Waals surface area contributed by atoms with Gasteiger partial charge in [0.2, 0.25) is 0 Å². The van der Waals surface area contributed by atoms with Crippen molar-refractivity contribution in [1.29, 1.82) is 0 Å². The Bertz CT molecular complexity index is 2440. The number of para-hydroxylation sites is 4. The Balaban J connectivity index is 1.40. The predicted molar refractivity (Wildman–Crippen MR) is 168 cm³/mol. The zero-order valence-electron chi connectivity index (χ0n) is 21.2. The Kier molecular flexibility index (Phi) is 4.47. The quantitative estimate of drug-likeness (QED) is 0.204. The predicted octanol–water partition coefficient (Wildman–Crippen LogP) is 11.0. The molecule has 0 spiro atoms. The monoisotopic (exact) mass is 577 g/mol. The van der Waals surface area contributed by atoms with Gasteiger partial charge in [0.25, 0.3) is 0 Å². The molecule has 0 N–H and O–H groups in total. The van der Waals surface area contributed by atoms with Crippen molar-refractivity contribution in [3.05, 3.63) is 126 Å². The van der Waals surface area contributed by atoms with Crippen molar-refractivity contribution in [2.45, 2.75) is 0 Å². The van der Waals surface area contributed by atoms with E-state index in [2.05, 4.69) is 124 Å². The molecule has 4 heteroatoms. The highest BCUT2D eigenvalue weighted by Crippen LogP contribution is 2.43. The summed E-state index contributed by atoms with van der Waals surface area (Å²) < 4.78 is 16.3. The van der Waals surface area contributed by atoms with Gasteiger partial charge < -0.3 is 13.4 Å².